The molecule has 3 aromatic rings. The van der Waals surface area contributed by atoms with Gasteiger partial charge in [0.15, 0.2) is 0 Å². The smallest absolute Gasteiger partial charge is 0.267 e. The van der Waals surface area contributed by atoms with Crippen molar-refractivity contribution in [3.8, 4) is 22.4 Å². The molecule has 0 bridgehead atoms. The van der Waals surface area contributed by atoms with Gasteiger partial charge in [0.1, 0.15) is 0 Å². The number of hydrogen-bond donors (Lipinski definition) is 2. The normalized spacial score (nSPS) is 10.2. The molecule has 4 heteroatoms. The van der Waals surface area contributed by atoms with Gasteiger partial charge in [-0.1, -0.05) is 60.7 Å². The van der Waals surface area contributed by atoms with E-state index in [1.165, 1.54) is 0 Å². The Balaban J connectivity index is 2.17. The fourth-order valence-corrected chi connectivity index (χ4v) is 2.34. The second-order valence-electron chi connectivity index (χ2n) is 4.82. The molecule has 1 heterocycles. The van der Waals surface area contributed by atoms with E-state index in [0.29, 0.717) is 5.56 Å². The van der Waals surface area contributed by atoms with Crippen LogP contribution in [0, 0.1) is 0 Å². The van der Waals surface area contributed by atoms with Crippen LogP contribution in [0.2, 0.25) is 0 Å². The molecule has 3 rings (SSSR count). The highest BCUT2D eigenvalue weighted by atomic mass is 16.2. The fourth-order valence-electron chi connectivity index (χ4n) is 2.34. The maximum absolute atomic E-state index is 12.0. The van der Waals surface area contributed by atoms with Crippen molar-refractivity contribution in [2.24, 2.45) is 5.84 Å². The first-order valence-electron chi connectivity index (χ1n) is 6.91. The van der Waals surface area contributed by atoms with Gasteiger partial charge >= 0.3 is 0 Å². The fraction of sp³-hybridized carbons (Fsp3) is 0. The van der Waals surface area contributed by atoms with Crippen molar-refractivity contribution in [3.05, 3.63) is 78.5 Å². The van der Waals surface area contributed by atoms with Gasteiger partial charge in [0.05, 0.1) is 11.3 Å². The lowest BCUT2D eigenvalue weighted by molar-refractivity contribution is 0.0954. The van der Waals surface area contributed by atoms with Crippen molar-refractivity contribution >= 4 is 5.91 Å². The van der Waals surface area contributed by atoms with Crippen LogP contribution in [0.15, 0.2) is 72.9 Å². The zero-order valence-corrected chi connectivity index (χ0v) is 11.9. The maximum Gasteiger partial charge on any atom is 0.267 e. The highest BCUT2D eigenvalue weighted by molar-refractivity contribution is 6.00. The lowest BCUT2D eigenvalue weighted by Gasteiger charge is -2.10. The Hall–Kier alpha value is -2.98. The van der Waals surface area contributed by atoms with Crippen molar-refractivity contribution in [2.75, 3.05) is 0 Å². The number of hydrazine groups is 1. The molecule has 1 amide bonds. The number of rotatable bonds is 3. The van der Waals surface area contributed by atoms with Gasteiger partial charge in [-0.3, -0.25) is 15.2 Å². The number of carbonyl (C=O) groups is 1. The second kappa shape index (κ2) is 6.20. The standard InChI is InChI=1S/C18H15N3O/c19-21-18(22)16-12-20-17(14-9-5-2-6-10-14)11-15(16)13-7-3-1-4-8-13/h1-12H,19H2,(H,21,22). The largest absolute Gasteiger partial charge is 0.290 e. The lowest BCUT2D eigenvalue weighted by atomic mass is 9.98. The van der Waals surface area contributed by atoms with Gasteiger partial charge < -0.3 is 0 Å². The number of aromatic nitrogens is 1. The molecule has 0 unspecified atom stereocenters. The minimum atomic E-state index is -0.356. The van der Waals surface area contributed by atoms with E-state index in [1.807, 2.05) is 66.7 Å². The quantitative estimate of drug-likeness (QED) is 0.442. The van der Waals surface area contributed by atoms with E-state index < -0.39 is 0 Å². The minimum Gasteiger partial charge on any atom is -0.290 e. The maximum atomic E-state index is 12.0. The van der Waals surface area contributed by atoms with Crippen LogP contribution in [0.5, 0.6) is 0 Å². The number of benzene rings is 2. The van der Waals surface area contributed by atoms with Gasteiger partial charge in [-0.05, 0) is 17.2 Å². The SMILES string of the molecule is NNC(=O)c1cnc(-c2ccccc2)cc1-c1ccccc1. The average molecular weight is 289 g/mol. The third kappa shape index (κ3) is 2.73. The van der Waals surface area contributed by atoms with E-state index in [2.05, 4.69) is 10.4 Å². The molecule has 0 fully saturated rings. The van der Waals surface area contributed by atoms with Crippen molar-refractivity contribution in [1.82, 2.24) is 10.4 Å². The molecule has 0 saturated heterocycles. The van der Waals surface area contributed by atoms with Crippen LogP contribution in [-0.2, 0) is 0 Å². The van der Waals surface area contributed by atoms with E-state index >= 15 is 0 Å². The van der Waals surface area contributed by atoms with Crippen LogP contribution in [0.4, 0.5) is 0 Å². The molecule has 0 saturated carbocycles. The molecular weight excluding hydrogens is 274 g/mol. The summed E-state index contributed by atoms with van der Waals surface area (Å²) in [6, 6.07) is 21.5. The summed E-state index contributed by atoms with van der Waals surface area (Å²) in [4.78, 5) is 16.4. The molecule has 0 spiro atoms. The van der Waals surface area contributed by atoms with Crippen LogP contribution < -0.4 is 11.3 Å². The summed E-state index contributed by atoms with van der Waals surface area (Å²) >= 11 is 0. The first kappa shape index (κ1) is 14.0. The third-order valence-corrected chi connectivity index (χ3v) is 3.43. The zero-order valence-electron chi connectivity index (χ0n) is 11.9. The molecule has 108 valence electrons. The van der Waals surface area contributed by atoms with Gasteiger partial charge in [0.25, 0.3) is 5.91 Å². The Kier molecular flexibility index (Phi) is 3.94. The van der Waals surface area contributed by atoms with Crippen molar-refractivity contribution < 1.29 is 4.79 Å². The Labute approximate surface area is 128 Å². The molecular formula is C18H15N3O. The molecule has 2 aromatic carbocycles. The van der Waals surface area contributed by atoms with E-state index in [-0.39, 0.29) is 5.91 Å². The Bertz CT molecular complexity index is 786. The van der Waals surface area contributed by atoms with E-state index in [4.69, 9.17) is 5.84 Å². The summed E-state index contributed by atoms with van der Waals surface area (Å²) in [6.45, 7) is 0. The molecule has 0 radical (unpaired) electrons. The first-order chi connectivity index (χ1) is 10.8. The third-order valence-electron chi connectivity index (χ3n) is 3.43. The summed E-state index contributed by atoms with van der Waals surface area (Å²) in [5.41, 5.74) is 6.18. The minimum absolute atomic E-state index is 0.356. The molecule has 0 aliphatic carbocycles. The zero-order chi connectivity index (χ0) is 15.4. The first-order valence-corrected chi connectivity index (χ1v) is 6.91. The van der Waals surface area contributed by atoms with Crippen LogP contribution in [0.3, 0.4) is 0 Å². The number of nitrogens with one attached hydrogen (secondary N) is 1. The summed E-state index contributed by atoms with van der Waals surface area (Å²) in [5.74, 6) is 4.92. The molecule has 22 heavy (non-hydrogen) atoms. The number of hydrogen-bond acceptors (Lipinski definition) is 3. The van der Waals surface area contributed by atoms with Gasteiger partial charge in [-0.25, -0.2) is 5.84 Å². The summed E-state index contributed by atoms with van der Waals surface area (Å²) in [7, 11) is 0. The number of nitrogens with zero attached hydrogens (tertiary/aromatic N) is 1. The van der Waals surface area contributed by atoms with Gasteiger partial charge in [-0.2, -0.15) is 0 Å². The van der Waals surface area contributed by atoms with Crippen LogP contribution in [0.1, 0.15) is 10.4 Å². The summed E-state index contributed by atoms with van der Waals surface area (Å²) < 4.78 is 0. The summed E-state index contributed by atoms with van der Waals surface area (Å²) in [6.07, 6.45) is 1.56. The number of amides is 1. The van der Waals surface area contributed by atoms with Gasteiger partial charge in [-0.15, -0.1) is 0 Å². The lowest BCUT2D eigenvalue weighted by Crippen LogP contribution is -2.30. The van der Waals surface area contributed by atoms with Crippen molar-refractivity contribution in [1.29, 1.82) is 0 Å². The van der Waals surface area contributed by atoms with Crippen LogP contribution in [-0.4, -0.2) is 10.9 Å². The van der Waals surface area contributed by atoms with Gasteiger partial charge in [0.2, 0.25) is 0 Å². The number of pyridine rings is 1. The monoisotopic (exact) mass is 289 g/mol. The summed E-state index contributed by atoms with van der Waals surface area (Å²) in [5, 5.41) is 0. The van der Waals surface area contributed by atoms with E-state index in [1.54, 1.807) is 6.20 Å². The highest BCUT2D eigenvalue weighted by Crippen LogP contribution is 2.27. The highest BCUT2D eigenvalue weighted by Gasteiger charge is 2.14. The topological polar surface area (TPSA) is 68.0 Å². The molecule has 0 aliphatic heterocycles. The molecule has 1 aromatic heterocycles. The number of nitrogen functional groups attached to an aromatic ring is 1. The predicted octanol–water partition coefficient (Wildman–Crippen LogP) is 3.02. The Morgan fingerprint density at radius 1 is 0.909 bits per heavy atom. The van der Waals surface area contributed by atoms with E-state index in [9.17, 15) is 4.79 Å². The number of carbonyl (C=O) groups excluding carboxylic acids is 1. The molecule has 4 nitrogen and oxygen atoms in total. The molecule has 3 N–H and O–H groups in total. The molecule has 0 atom stereocenters. The van der Waals surface area contributed by atoms with E-state index in [0.717, 1.165) is 22.4 Å². The van der Waals surface area contributed by atoms with Crippen molar-refractivity contribution in [2.45, 2.75) is 0 Å². The number of nitrogens with two attached hydrogens (primary N) is 1. The second-order valence-corrected chi connectivity index (χ2v) is 4.82. The Morgan fingerprint density at radius 3 is 2.09 bits per heavy atom. The van der Waals surface area contributed by atoms with Gasteiger partial charge in [0, 0.05) is 11.8 Å². The average Bonchev–Trinajstić information content (AvgIpc) is 2.62. The molecule has 0 aliphatic rings. The predicted molar refractivity (Wildman–Crippen MR) is 86.8 cm³/mol. The Morgan fingerprint density at radius 2 is 1.50 bits per heavy atom. The van der Waals surface area contributed by atoms with Crippen LogP contribution >= 0.6 is 0 Å². The van der Waals surface area contributed by atoms with Crippen molar-refractivity contribution in [3.63, 3.8) is 0 Å². The van der Waals surface area contributed by atoms with Crippen LogP contribution in [0.25, 0.3) is 22.4 Å².